The Morgan fingerprint density at radius 3 is 2.47 bits per heavy atom. The average molecular weight is 277 g/mol. The van der Waals surface area contributed by atoms with Gasteiger partial charge in [0.05, 0.1) is 16.8 Å². The first-order valence-electron chi connectivity index (χ1n) is 5.32. The molecule has 0 aromatic heterocycles. The van der Waals surface area contributed by atoms with E-state index in [1.54, 1.807) is 0 Å². The van der Waals surface area contributed by atoms with Gasteiger partial charge >= 0.3 is 5.97 Å². The van der Waals surface area contributed by atoms with Crippen LogP contribution in [0.1, 0.15) is 39.5 Å². The summed E-state index contributed by atoms with van der Waals surface area (Å²) in [5, 5.41) is 19.2. The number of alkyl halides is 1. The third kappa shape index (κ3) is 1.30. The van der Waals surface area contributed by atoms with Crippen molar-refractivity contribution in [2.45, 2.75) is 50.0 Å². The summed E-state index contributed by atoms with van der Waals surface area (Å²) in [5.41, 5.74) is -0.547. The molecular formula is C11H17BrO3. The third-order valence-corrected chi connectivity index (χ3v) is 5.79. The van der Waals surface area contributed by atoms with E-state index < -0.39 is 12.1 Å². The van der Waals surface area contributed by atoms with Gasteiger partial charge < -0.3 is 10.2 Å². The molecule has 2 aliphatic carbocycles. The SMILES string of the molecule is CC1(C)[C@H](O)[C@@]2(Br)CC[C@]1(CC(=O)O)C2. The number of hydrogen-bond donors (Lipinski definition) is 2. The minimum atomic E-state index is -0.756. The van der Waals surface area contributed by atoms with Crippen molar-refractivity contribution >= 4 is 21.9 Å². The lowest BCUT2D eigenvalue weighted by Gasteiger charge is -2.44. The molecule has 86 valence electrons. The molecule has 0 amide bonds. The van der Waals surface area contributed by atoms with Crippen LogP contribution in [0.15, 0.2) is 0 Å². The number of carboxylic acids is 1. The zero-order valence-electron chi connectivity index (χ0n) is 9.09. The summed E-state index contributed by atoms with van der Waals surface area (Å²) in [6.45, 7) is 3.98. The number of aliphatic hydroxyl groups is 1. The van der Waals surface area contributed by atoms with E-state index in [9.17, 15) is 9.90 Å². The molecule has 2 rings (SSSR count). The molecule has 3 atom stereocenters. The van der Waals surface area contributed by atoms with Crippen molar-refractivity contribution in [3.8, 4) is 0 Å². The summed E-state index contributed by atoms with van der Waals surface area (Å²) in [7, 11) is 0. The second-order valence-corrected chi connectivity index (χ2v) is 7.27. The van der Waals surface area contributed by atoms with Gasteiger partial charge in [-0.05, 0) is 30.1 Å². The van der Waals surface area contributed by atoms with Gasteiger partial charge in [0.2, 0.25) is 0 Å². The Labute approximate surface area is 98.0 Å². The van der Waals surface area contributed by atoms with Crippen LogP contribution in [0.25, 0.3) is 0 Å². The minimum Gasteiger partial charge on any atom is -0.481 e. The highest BCUT2D eigenvalue weighted by Crippen LogP contribution is 2.69. The predicted molar refractivity (Wildman–Crippen MR) is 60.0 cm³/mol. The Morgan fingerprint density at radius 2 is 2.07 bits per heavy atom. The summed E-state index contributed by atoms with van der Waals surface area (Å²) in [6, 6.07) is 0. The van der Waals surface area contributed by atoms with Crippen molar-refractivity contribution in [3.05, 3.63) is 0 Å². The van der Waals surface area contributed by atoms with Crippen molar-refractivity contribution < 1.29 is 15.0 Å². The Morgan fingerprint density at radius 1 is 1.47 bits per heavy atom. The van der Waals surface area contributed by atoms with E-state index in [-0.39, 0.29) is 21.6 Å². The second kappa shape index (κ2) is 2.98. The monoisotopic (exact) mass is 276 g/mol. The van der Waals surface area contributed by atoms with Crippen LogP contribution in [0.5, 0.6) is 0 Å². The van der Waals surface area contributed by atoms with Crippen molar-refractivity contribution in [2.75, 3.05) is 0 Å². The van der Waals surface area contributed by atoms with E-state index in [4.69, 9.17) is 5.11 Å². The number of fused-ring (bicyclic) bond motifs is 2. The number of carbonyl (C=O) groups is 1. The van der Waals surface area contributed by atoms with Gasteiger partial charge in [-0.15, -0.1) is 0 Å². The summed E-state index contributed by atoms with van der Waals surface area (Å²) in [4.78, 5) is 10.9. The zero-order valence-corrected chi connectivity index (χ0v) is 10.7. The third-order valence-electron chi connectivity index (χ3n) is 4.68. The van der Waals surface area contributed by atoms with Gasteiger partial charge in [-0.25, -0.2) is 0 Å². The quantitative estimate of drug-likeness (QED) is 0.760. The normalized spacial score (nSPS) is 47.1. The molecule has 0 aromatic rings. The molecule has 15 heavy (non-hydrogen) atoms. The maximum atomic E-state index is 10.9. The number of rotatable bonds is 2. The maximum absolute atomic E-state index is 10.9. The number of carboxylic acid groups (broad SMARTS) is 1. The lowest BCUT2D eigenvalue weighted by molar-refractivity contribution is -0.143. The van der Waals surface area contributed by atoms with Crippen molar-refractivity contribution in [1.29, 1.82) is 0 Å². The van der Waals surface area contributed by atoms with Crippen LogP contribution in [-0.2, 0) is 4.79 Å². The molecule has 2 aliphatic rings. The van der Waals surface area contributed by atoms with Gasteiger partial charge in [-0.1, -0.05) is 29.8 Å². The molecule has 2 bridgehead atoms. The largest absolute Gasteiger partial charge is 0.481 e. The fraction of sp³-hybridized carbons (Fsp3) is 0.909. The minimum absolute atomic E-state index is 0.171. The molecule has 0 aliphatic heterocycles. The molecule has 3 nitrogen and oxygen atoms in total. The van der Waals surface area contributed by atoms with Crippen LogP contribution in [0, 0.1) is 10.8 Å². The summed E-state index contributed by atoms with van der Waals surface area (Å²) in [6.07, 6.45) is 2.28. The molecule has 0 heterocycles. The van der Waals surface area contributed by atoms with Crippen molar-refractivity contribution in [1.82, 2.24) is 0 Å². The molecule has 4 heteroatoms. The molecular weight excluding hydrogens is 260 g/mol. The molecule has 0 radical (unpaired) electrons. The first-order valence-corrected chi connectivity index (χ1v) is 6.12. The van der Waals surface area contributed by atoms with E-state index in [2.05, 4.69) is 15.9 Å². The van der Waals surface area contributed by atoms with Gasteiger partial charge in [0, 0.05) is 0 Å². The van der Waals surface area contributed by atoms with Gasteiger partial charge in [0.15, 0.2) is 0 Å². The summed E-state index contributed by atoms with van der Waals surface area (Å²) in [5.74, 6) is -0.756. The molecule has 2 N–H and O–H groups in total. The van der Waals surface area contributed by atoms with Crippen LogP contribution < -0.4 is 0 Å². The van der Waals surface area contributed by atoms with Gasteiger partial charge in [-0.2, -0.15) is 0 Å². The number of aliphatic hydroxyl groups excluding tert-OH is 1. The summed E-state index contributed by atoms with van der Waals surface area (Å²) >= 11 is 3.61. The van der Waals surface area contributed by atoms with E-state index in [1.165, 1.54) is 0 Å². The Kier molecular flexibility index (Phi) is 2.26. The van der Waals surface area contributed by atoms with Crippen LogP contribution >= 0.6 is 15.9 Å². The Hall–Kier alpha value is -0.0900. The first-order chi connectivity index (χ1) is 6.74. The number of aliphatic carboxylic acids is 1. The molecule has 2 fully saturated rings. The van der Waals surface area contributed by atoms with Crippen LogP contribution in [0.3, 0.4) is 0 Å². The lowest BCUT2D eigenvalue weighted by atomic mass is 9.62. The van der Waals surface area contributed by atoms with Crippen LogP contribution in [0.2, 0.25) is 0 Å². The average Bonchev–Trinajstić information content (AvgIpc) is 2.48. The second-order valence-electron chi connectivity index (χ2n) is 5.69. The molecule has 0 spiro atoms. The van der Waals surface area contributed by atoms with Gasteiger partial charge in [0.1, 0.15) is 0 Å². The number of hydrogen-bond acceptors (Lipinski definition) is 2. The van der Waals surface area contributed by atoms with Crippen molar-refractivity contribution in [3.63, 3.8) is 0 Å². The van der Waals surface area contributed by atoms with E-state index in [1.807, 2.05) is 13.8 Å². The smallest absolute Gasteiger partial charge is 0.303 e. The van der Waals surface area contributed by atoms with Crippen LogP contribution in [-0.4, -0.2) is 26.6 Å². The van der Waals surface area contributed by atoms with Gasteiger partial charge in [-0.3, -0.25) is 4.79 Å². The van der Waals surface area contributed by atoms with E-state index in [0.29, 0.717) is 0 Å². The highest BCUT2D eigenvalue weighted by Gasteiger charge is 2.68. The standard InChI is InChI=1S/C11H17BrO3/c1-9(2)8(15)11(12)4-3-10(9,6-11)5-7(13)14/h8,15H,3-6H2,1-2H3,(H,13,14)/t8-,10-,11+/m0/s1. The fourth-order valence-electron chi connectivity index (χ4n) is 3.57. The van der Waals surface area contributed by atoms with Gasteiger partial charge in [0.25, 0.3) is 0 Å². The van der Waals surface area contributed by atoms with E-state index in [0.717, 1.165) is 19.3 Å². The highest BCUT2D eigenvalue weighted by atomic mass is 79.9. The highest BCUT2D eigenvalue weighted by molar-refractivity contribution is 9.10. The predicted octanol–water partition coefficient (Wildman–Crippen LogP) is 2.17. The summed E-state index contributed by atoms with van der Waals surface area (Å²) < 4.78 is -0.244. The Balaban J connectivity index is 2.37. The maximum Gasteiger partial charge on any atom is 0.303 e. The zero-order chi connectivity index (χ0) is 11.5. The lowest BCUT2D eigenvalue weighted by Crippen LogP contribution is -2.46. The van der Waals surface area contributed by atoms with Crippen LogP contribution in [0.4, 0.5) is 0 Å². The number of halogens is 1. The fourth-order valence-corrected chi connectivity index (χ4v) is 4.88. The topological polar surface area (TPSA) is 57.5 Å². The molecule has 0 saturated heterocycles. The first kappa shape index (κ1) is 11.4. The molecule has 2 saturated carbocycles. The Bertz CT molecular complexity index is 315. The molecule has 0 aromatic carbocycles. The molecule has 0 unspecified atom stereocenters. The van der Waals surface area contributed by atoms with Crippen molar-refractivity contribution in [2.24, 2.45) is 10.8 Å². The van der Waals surface area contributed by atoms with E-state index >= 15 is 0 Å².